The fourth-order valence-electron chi connectivity index (χ4n) is 3.57. The molecular weight excluding hydrogens is 429 g/mol. The average molecular weight is 445 g/mol. The number of aryl methyl sites for hydroxylation is 1. The molecule has 0 radical (unpaired) electrons. The fourth-order valence-corrected chi connectivity index (χ4v) is 3.57. The largest absolute Gasteiger partial charge is 0.434 e. The van der Waals surface area contributed by atoms with Gasteiger partial charge in [-0.25, -0.2) is 13.8 Å². The van der Waals surface area contributed by atoms with Gasteiger partial charge in [-0.1, -0.05) is 30.3 Å². The molecule has 0 amide bonds. The van der Waals surface area contributed by atoms with E-state index >= 15 is 0 Å². The zero-order valence-electron chi connectivity index (χ0n) is 16.8. The molecular formula is C23H16F5N3O. The van der Waals surface area contributed by atoms with Crippen LogP contribution in [0.3, 0.4) is 0 Å². The summed E-state index contributed by atoms with van der Waals surface area (Å²) in [5.41, 5.74) is -1.83. The summed E-state index contributed by atoms with van der Waals surface area (Å²) in [6, 6.07) is 11.3. The molecule has 4 rings (SSSR count). The molecule has 0 saturated heterocycles. The average Bonchev–Trinajstić information content (AvgIpc) is 2.75. The molecule has 0 fully saturated rings. The molecule has 164 valence electrons. The number of pyridine rings is 1. The van der Waals surface area contributed by atoms with Gasteiger partial charge in [0, 0.05) is 18.3 Å². The Bertz CT molecular complexity index is 1380. The third-order valence-electron chi connectivity index (χ3n) is 5.21. The maximum atomic E-state index is 14.2. The Kier molecular flexibility index (Phi) is 5.50. The van der Waals surface area contributed by atoms with Crippen LogP contribution in [0.4, 0.5) is 22.0 Å². The number of rotatable bonds is 4. The van der Waals surface area contributed by atoms with Crippen molar-refractivity contribution >= 4 is 10.9 Å². The van der Waals surface area contributed by atoms with Crippen LogP contribution in [0, 0.1) is 18.6 Å². The maximum absolute atomic E-state index is 14.2. The van der Waals surface area contributed by atoms with Crippen LogP contribution >= 0.6 is 0 Å². The van der Waals surface area contributed by atoms with E-state index in [0.29, 0.717) is 0 Å². The van der Waals surface area contributed by atoms with E-state index in [1.165, 1.54) is 49.4 Å². The number of nitrogens with zero attached hydrogens (tertiary/aromatic N) is 3. The lowest BCUT2D eigenvalue weighted by Crippen LogP contribution is -2.27. The quantitative estimate of drug-likeness (QED) is 0.400. The Labute approximate surface area is 179 Å². The van der Waals surface area contributed by atoms with Gasteiger partial charge in [0.2, 0.25) is 0 Å². The van der Waals surface area contributed by atoms with Crippen molar-refractivity contribution in [2.45, 2.75) is 26.1 Å². The van der Waals surface area contributed by atoms with Crippen molar-refractivity contribution in [3.63, 3.8) is 0 Å². The van der Waals surface area contributed by atoms with E-state index in [2.05, 4.69) is 9.97 Å². The Morgan fingerprint density at radius 3 is 2.41 bits per heavy atom. The van der Waals surface area contributed by atoms with Gasteiger partial charge in [0.1, 0.15) is 17.5 Å². The van der Waals surface area contributed by atoms with Gasteiger partial charge in [-0.05, 0) is 42.7 Å². The summed E-state index contributed by atoms with van der Waals surface area (Å²) in [4.78, 5) is 20.9. The molecule has 0 N–H and O–H groups in total. The zero-order chi connectivity index (χ0) is 23.0. The highest BCUT2D eigenvalue weighted by atomic mass is 19.4. The topological polar surface area (TPSA) is 47.8 Å². The van der Waals surface area contributed by atoms with Crippen LogP contribution in [-0.2, 0) is 19.1 Å². The number of aromatic nitrogens is 3. The van der Waals surface area contributed by atoms with Crippen LogP contribution in [0.2, 0.25) is 0 Å². The van der Waals surface area contributed by atoms with E-state index in [-0.39, 0.29) is 41.0 Å². The van der Waals surface area contributed by atoms with E-state index in [9.17, 15) is 26.7 Å². The lowest BCUT2D eigenvalue weighted by atomic mass is 10.1. The highest BCUT2D eigenvalue weighted by Gasteiger charge is 2.36. The molecule has 0 aliphatic heterocycles. The van der Waals surface area contributed by atoms with Gasteiger partial charge >= 0.3 is 6.18 Å². The van der Waals surface area contributed by atoms with Gasteiger partial charge < -0.3 is 0 Å². The molecule has 4 aromatic rings. The van der Waals surface area contributed by atoms with Crippen molar-refractivity contribution in [3.05, 3.63) is 93.5 Å². The van der Waals surface area contributed by atoms with Crippen LogP contribution in [-0.4, -0.2) is 14.5 Å². The van der Waals surface area contributed by atoms with E-state index in [1.54, 1.807) is 6.07 Å². The summed E-state index contributed by atoms with van der Waals surface area (Å²) in [5.74, 6) is -1.06. The van der Waals surface area contributed by atoms with Crippen LogP contribution in [0.5, 0.6) is 0 Å². The molecule has 2 aromatic carbocycles. The number of halogens is 5. The number of alkyl halides is 3. The molecule has 2 aromatic heterocycles. The monoisotopic (exact) mass is 445 g/mol. The number of benzene rings is 2. The van der Waals surface area contributed by atoms with Crippen LogP contribution < -0.4 is 5.56 Å². The molecule has 0 spiro atoms. The third-order valence-corrected chi connectivity index (χ3v) is 5.21. The lowest BCUT2D eigenvalue weighted by molar-refractivity contribution is -0.139. The predicted molar refractivity (Wildman–Crippen MR) is 109 cm³/mol. The molecule has 4 nitrogen and oxygen atoms in total. The molecule has 32 heavy (non-hydrogen) atoms. The molecule has 0 unspecified atom stereocenters. The summed E-state index contributed by atoms with van der Waals surface area (Å²) in [6.45, 7) is 1.32. The van der Waals surface area contributed by atoms with Crippen molar-refractivity contribution in [1.29, 1.82) is 0 Å². The first kappa shape index (κ1) is 21.6. The fraction of sp³-hybridized carbons (Fsp3) is 0.174. The minimum atomic E-state index is -4.87. The van der Waals surface area contributed by atoms with E-state index in [0.717, 1.165) is 10.8 Å². The van der Waals surface area contributed by atoms with Gasteiger partial charge in [0.15, 0.2) is 5.69 Å². The normalized spacial score (nSPS) is 11.8. The van der Waals surface area contributed by atoms with E-state index in [4.69, 9.17) is 0 Å². The van der Waals surface area contributed by atoms with Crippen molar-refractivity contribution < 1.29 is 22.0 Å². The van der Waals surface area contributed by atoms with Crippen molar-refractivity contribution in [2.24, 2.45) is 0 Å². The van der Waals surface area contributed by atoms with Crippen molar-refractivity contribution in [1.82, 2.24) is 14.5 Å². The van der Waals surface area contributed by atoms with Gasteiger partial charge in [0.25, 0.3) is 5.56 Å². The lowest BCUT2D eigenvalue weighted by Gasteiger charge is -2.17. The van der Waals surface area contributed by atoms with Gasteiger partial charge in [-0.2, -0.15) is 13.2 Å². The Morgan fingerprint density at radius 2 is 1.69 bits per heavy atom. The standard InChI is InChI=1S/C23H16F5N3O/c1-13-15(6-4-8-16(13)24)21-30-18-9-11-29-20(23(26,27)28)19(18)22(32)31(21)12-10-14-5-2-3-7-17(14)25/h2-9,11H,10,12H2,1H3. The molecule has 9 heteroatoms. The summed E-state index contributed by atoms with van der Waals surface area (Å²) in [5, 5.41) is -0.689. The van der Waals surface area contributed by atoms with Crippen molar-refractivity contribution in [2.75, 3.05) is 0 Å². The second-order valence-corrected chi connectivity index (χ2v) is 7.20. The SMILES string of the molecule is Cc1c(F)cccc1-c1nc2ccnc(C(F)(F)F)c2c(=O)n1CCc1ccccc1F. The van der Waals surface area contributed by atoms with Gasteiger partial charge in [-0.3, -0.25) is 14.3 Å². The van der Waals surface area contributed by atoms with E-state index in [1.807, 2.05) is 0 Å². The molecule has 0 aliphatic rings. The predicted octanol–water partition coefficient (Wildman–Crippen LogP) is 5.31. The second kappa shape index (κ2) is 8.14. The smallest absolute Gasteiger partial charge is 0.292 e. The Balaban J connectivity index is 1.99. The summed E-state index contributed by atoms with van der Waals surface area (Å²) >= 11 is 0. The first-order chi connectivity index (χ1) is 15.2. The molecule has 0 aliphatic carbocycles. The third kappa shape index (κ3) is 3.86. The van der Waals surface area contributed by atoms with Crippen LogP contribution in [0.15, 0.2) is 59.5 Å². The van der Waals surface area contributed by atoms with E-state index < -0.39 is 34.5 Å². The minimum Gasteiger partial charge on any atom is -0.292 e. The first-order valence-electron chi connectivity index (χ1n) is 9.64. The zero-order valence-corrected chi connectivity index (χ0v) is 16.8. The van der Waals surface area contributed by atoms with Gasteiger partial charge in [0.05, 0.1) is 10.9 Å². The Morgan fingerprint density at radius 1 is 0.969 bits per heavy atom. The maximum Gasteiger partial charge on any atom is 0.434 e. The Hall–Kier alpha value is -3.62. The van der Waals surface area contributed by atoms with Crippen LogP contribution in [0.1, 0.15) is 16.8 Å². The summed E-state index contributed by atoms with van der Waals surface area (Å²) in [7, 11) is 0. The second-order valence-electron chi connectivity index (χ2n) is 7.20. The number of hydrogen-bond acceptors (Lipinski definition) is 3. The van der Waals surface area contributed by atoms with Gasteiger partial charge in [-0.15, -0.1) is 0 Å². The highest BCUT2D eigenvalue weighted by Crippen LogP contribution is 2.32. The molecule has 0 bridgehead atoms. The molecule has 2 heterocycles. The number of hydrogen-bond donors (Lipinski definition) is 0. The molecule has 0 saturated carbocycles. The molecule has 0 atom stereocenters. The summed E-state index contributed by atoms with van der Waals surface area (Å²) in [6.07, 6.45) is -3.94. The van der Waals surface area contributed by atoms with Crippen molar-refractivity contribution in [3.8, 4) is 11.4 Å². The highest BCUT2D eigenvalue weighted by molar-refractivity contribution is 5.82. The summed E-state index contributed by atoms with van der Waals surface area (Å²) < 4.78 is 69.9. The first-order valence-corrected chi connectivity index (χ1v) is 9.64. The minimum absolute atomic E-state index is 0.00448. The number of fused-ring (bicyclic) bond motifs is 1. The van der Waals surface area contributed by atoms with Crippen LogP contribution in [0.25, 0.3) is 22.3 Å².